The van der Waals surface area contributed by atoms with Crippen LogP contribution in [0.1, 0.15) is 44.9 Å². The number of H-pyrrole nitrogens is 1. The number of nitrogens with zero attached hydrogens (tertiary/aromatic N) is 1. The van der Waals surface area contributed by atoms with Crippen LogP contribution in [-0.4, -0.2) is 30.5 Å². The van der Waals surface area contributed by atoms with E-state index in [0.717, 1.165) is 38.5 Å². The van der Waals surface area contributed by atoms with Crippen molar-refractivity contribution in [2.45, 2.75) is 55.5 Å². The second-order valence-electron chi connectivity index (χ2n) is 5.27. The van der Waals surface area contributed by atoms with Crippen LogP contribution in [-0.2, 0) is 10.0 Å². The first-order valence-electron chi connectivity index (χ1n) is 6.80. The molecule has 19 heavy (non-hydrogen) atoms. The van der Waals surface area contributed by atoms with E-state index in [4.69, 9.17) is 5.73 Å². The lowest BCUT2D eigenvalue weighted by atomic mass is 9.85. The summed E-state index contributed by atoms with van der Waals surface area (Å²) in [5.74, 6) is 0. The van der Waals surface area contributed by atoms with Gasteiger partial charge in [-0.25, -0.2) is 18.1 Å². The number of rotatable bonds is 4. The largest absolute Gasteiger partial charge is 0.335 e. The Labute approximate surface area is 114 Å². The molecule has 0 amide bonds. The molecule has 0 aliphatic heterocycles. The van der Waals surface area contributed by atoms with Gasteiger partial charge in [0, 0.05) is 12.1 Å². The number of hydrogen-bond donors (Lipinski definition) is 3. The third-order valence-corrected chi connectivity index (χ3v) is 5.32. The molecular formula is C12H22N4O2S. The second kappa shape index (κ2) is 6.02. The maximum atomic E-state index is 12.3. The Morgan fingerprint density at radius 1 is 1.26 bits per heavy atom. The third kappa shape index (κ3) is 3.55. The molecule has 0 atom stereocenters. The molecule has 2 rings (SSSR count). The molecule has 1 aliphatic carbocycles. The molecular weight excluding hydrogens is 264 g/mol. The number of sulfonamides is 1. The summed E-state index contributed by atoms with van der Waals surface area (Å²) < 4.78 is 27.4. The summed E-state index contributed by atoms with van der Waals surface area (Å²) in [6, 6.07) is 0. The zero-order valence-corrected chi connectivity index (χ0v) is 11.9. The minimum Gasteiger partial charge on any atom is -0.335 e. The van der Waals surface area contributed by atoms with E-state index in [1.54, 1.807) is 0 Å². The SMILES string of the molecule is NCC1(NS(=O)(=O)c2cnc[nH]2)CCCCCCC1. The summed E-state index contributed by atoms with van der Waals surface area (Å²) in [7, 11) is -3.56. The number of nitrogens with one attached hydrogen (secondary N) is 2. The van der Waals surface area contributed by atoms with Crippen LogP contribution in [0.5, 0.6) is 0 Å². The smallest absolute Gasteiger partial charge is 0.258 e. The third-order valence-electron chi connectivity index (χ3n) is 3.81. The topological polar surface area (TPSA) is 101 Å². The molecule has 0 radical (unpaired) electrons. The van der Waals surface area contributed by atoms with Gasteiger partial charge in [0.05, 0.1) is 12.5 Å². The summed E-state index contributed by atoms with van der Waals surface area (Å²) in [4.78, 5) is 6.39. The highest BCUT2D eigenvalue weighted by Gasteiger charge is 2.34. The molecule has 1 aromatic heterocycles. The van der Waals surface area contributed by atoms with Gasteiger partial charge in [-0.2, -0.15) is 0 Å². The minimum atomic E-state index is -3.56. The van der Waals surface area contributed by atoms with E-state index in [1.165, 1.54) is 18.9 Å². The van der Waals surface area contributed by atoms with Crippen molar-refractivity contribution in [1.82, 2.24) is 14.7 Å². The van der Waals surface area contributed by atoms with Gasteiger partial charge in [-0.15, -0.1) is 0 Å². The standard InChI is InChI=1S/C12H22N4O2S/c13-9-12(6-4-2-1-3-5-7-12)16-19(17,18)11-8-14-10-15-11/h8,10,16H,1-7,9,13H2,(H,14,15). The molecule has 1 fully saturated rings. The quantitative estimate of drug-likeness (QED) is 0.772. The van der Waals surface area contributed by atoms with Crippen molar-refractivity contribution in [3.05, 3.63) is 12.5 Å². The molecule has 1 saturated carbocycles. The van der Waals surface area contributed by atoms with Gasteiger partial charge in [-0.1, -0.05) is 32.1 Å². The van der Waals surface area contributed by atoms with Gasteiger partial charge in [0.15, 0.2) is 5.03 Å². The highest BCUT2D eigenvalue weighted by atomic mass is 32.2. The van der Waals surface area contributed by atoms with E-state index in [2.05, 4.69) is 14.7 Å². The van der Waals surface area contributed by atoms with Gasteiger partial charge < -0.3 is 10.7 Å². The first-order valence-corrected chi connectivity index (χ1v) is 8.29. The molecule has 1 aliphatic rings. The fraction of sp³-hybridized carbons (Fsp3) is 0.750. The van der Waals surface area contributed by atoms with Crippen LogP contribution in [0.15, 0.2) is 17.6 Å². The molecule has 6 nitrogen and oxygen atoms in total. The summed E-state index contributed by atoms with van der Waals surface area (Å²) in [6.07, 6.45) is 9.84. The Hall–Kier alpha value is -0.920. The number of aromatic amines is 1. The van der Waals surface area contributed by atoms with Crippen LogP contribution in [0.2, 0.25) is 0 Å². The molecule has 0 aromatic carbocycles. The minimum absolute atomic E-state index is 0.0994. The van der Waals surface area contributed by atoms with Crippen molar-refractivity contribution in [1.29, 1.82) is 0 Å². The van der Waals surface area contributed by atoms with Crippen LogP contribution < -0.4 is 10.5 Å². The average molecular weight is 286 g/mol. The number of hydrogen-bond acceptors (Lipinski definition) is 4. The zero-order chi connectivity index (χ0) is 13.8. The van der Waals surface area contributed by atoms with Crippen molar-refractivity contribution in [3.63, 3.8) is 0 Å². The van der Waals surface area contributed by atoms with E-state index in [-0.39, 0.29) is 5.03 Å². The lowest BCUT2D eigenvalue weighted by molar-refractivity contribution is 0.295. The molecule has 0 saturated heterocycles. The highest BCUT2D eigenvalue weighted by Crippen LogP contribution is 2.27. The van der Waals surface area contributed by atoms with E-state index < -0.39 is 15.6 Å². The molecule has 1 heterocycles. The van der Waals surface area contributed by atoms with Crippen LogP contribution in [0.4, 0.5) is 0 Å². The van der Waals surface area contributed by atoms with Gasteiger partial charge in [-0.05, 0) is 12.8 Å². The van der Waals surface area contributed by atoms with Gasteiger partial charge in [0.2, 0.25) is 0 Å². The van der Waals surface area contributed by atoms with Gasteiger partial charge in [0.1, 0.15) is 0 Å². The monoisotopic (exact) mass is 286 g/mol. The van der Waals surface area contributed by atoms with Crippen molar-refractivity contribution in [3.8, 4) is 0 Å². The Balaban J connectivity index is 2.17. The Bertz CT molecular complexity index is 476. The number of nitrogens with two attached hydrogens (primary N) is 1. The molecule has 7 heteroatoms. The molecule has 108 valence electrons. The Morgan fingerprint density at radius 3 is 2.42 bits per heavy atom. The normalized spacial score (nSPS) is 20.7. The molecule has 4 N–H and O–H groups in total. The molecule has 0 spiro atoms. The van der Waals surface area contributed by atoms with E-state index in [0.29, 0.717) is 6.54 Å². The Morgan fingerprint density at radius 2 is 1.89 bits per heavy atom. The maximum Gasteiger partial charge on any atom is 0.258 e. The molecule has 0 unspecified atom stereocenters. The van der Waals surface area contributed by atoms with E-state index >= 15 is 0 Å². The average Bonchev–Trinajstić information content (AvgIpc) is 2.87. The molecule has 0 bridgehead atoms. The van der Waals surface area contributed by atoms with Gasteiger partial charge in [-0.3, -0.25) is 0 Å². The van der Waals surface area contributed by atoms with Gasteiger partial charge in [0.25, 0.3) is 10.0 Å². The Kier molecular flexibility index (Phi) is 4.59. The fourth-order valence-corrected chi connectivity index (χ4v) is 4.04. The van der Waals surface area contributed by atoms with Crippen LogP contribution in [0, 0.1) is 0 Å². The fourth-order valence-electron chi connectivity index (χ4n) is 2.66. The summed E-state index contributed by atoms with van der Waals surface area (Å²) in [5.41, 5.74) is 5.36. The van der Waals surface area contributed by atoms with Crippen LogP contribution in [0.25, 0.3) is 0 Å². The first-order chi connectivity index (χ1) is 9.08. The zero-order valence-electron chi connectivity index (χ0n) is 11.1. The van der Waals surface area contributed by atoms with Crippen molar-refractivity contribution < 1.29 is 8.42 Å². The highest BCUT2D eigenvalue weighted by molar-refractivity contribution is 7.89. The summed E-state index contributed by atoms with van der Waals surface area (Å²) in [5, 5.41) is 0.0994. The van der Waals surface area contributed by atoms with E-state index in [9.17, 15) is 8.42 Å². The lowest BCUT2D eigenvalue weighted by Crippen LogP contribution is -2.53. The number of aromatic nitrogens is 2. The predicted octanol–water partition coefficient (Wildman–Crippen LogP) is 1.13. The van der Waals surface area contributed by atoms with Crippen molar-refractivity contribution in [2.24, 2.45) is 5.73 Å². The van der Waals surface area contributed by atoms with Crippen molar-refractivity contribution in [2.75, 3.05) is 6.54 Å². The van der Waals surface area contributed by atoms with Gasteiger partial charge >= 0.3 is 0 Å². The lowest BCUT2D eigenvalue weighted by Gasteiger charge is -2.34. The molecule has 1 aromatic rings. The van der Waals surface area contributed by atoms with Crippen LogP contribution >= 0.6 is 0 Å². The van der Waals surface area contributed by atoms with Crippen molar-refractivity contribution >= 4 is 10.0 Å². The first kappa shape index (κ1) is 14.5. The summed E-state index contributed by atoms with van der Waals surface area (Å²) >= 11 is 0. The predicted molar refractivity (Wildman–Crippen MR) is 73.0 cm³/mol. The maximum absolute atomic E-state index is 12.3. The number of imidazole rings is 1. The van der Waals surface area contributed by atoms with Crippen LogP contribution in [0.3, 0.4) is 0 Å². The van der Waals surface area contributed by atoms with E-state index in [1.807, 2.05) is 0 Å². The second-order valence-corrected chi connectivity index (χ2v) is 6.92. The summed E-state index contributed by atoms with van der Waals surface area (Å²) in [6.45, 7) is 0.334.